The molecule has 0 radical (unpaired) electrons. The molecule has 3 aromatic rings. The van der Waals surface area contributed by atoms with Crippen molar-refractivity contribution in [1.29, 1.82) is 0 Å². The van der Waals surface area contributed by atoms with Crippen molar-refractivity contribution in [1.82, 2.24) is 30.2 Å². The molecule has 59 heavy (non-hydrogen) atoms. The Hall–Kier alpha value is -4.60. The van der Waals surface area contributed by atoms with Crippen LogP contribution in [0.5, 0.6) is 0 Å². The Bertz CT molecular complexity index is 2020. The van der Waals surface area contributed by atoms with E-state index in [2.05, 4.69) is 10.6 Å². The van der Waals surface area contributed by atoms with Crippen molar-refractivity contribution >= 4 is 23.8 Å². The third-order valence-electron chi connectivity index (χ3n) is 12.4. The van der Waals surface area contributed by atoms with Crippen molar-refractivity contribution in [3.8, 4) is 0 Å². The lowest BCUT2D eigenvalue weighted by molar-refractivity contribution is 0.0158. The van der Waals surface area contributed by atoms with E-state index in [4.69, 9.17) is 29.5 Å². The van der Waals surface area contributed by atoms with Crippen molar-refractivity contribution in [2.75, 3.05) is 52.7 Å². The van der Waals surface area contributed by atoms with Crippen LogP contribution in [0.2, 0.25) is 0 Å². The minimum atomic E-state index is -1.10. The number of benzene rings is 1. The summed E-state index contributed by atoms with van der Waals surface area (Å²) in [7, 11) is 0. The van der Waals surface area contributed by atoms with Crippen molar-refractivity contribution in [3.63, 3.8) is 0 Å². The summed E-state index contributed by atoms with van der Waals surface area (Å²) in [5.41, 5.74) is 4.79. The third kappa shape index (κ3) is 10.1. The summed E-state index contributed by atoms with van der Waals surface area (Å²) in [5, 5.41) is 34.6. The van der Waals surface area contributed by atoms with Gasteiger partial charge in [0.1, 0.15) is 11.4 Å². The molecule has 2 aromatic heterocycles. The number of rotatable bonds is 11. The minimum Gasteiger partial charge on any atom is -0.478 e. The van der Waals surface area contributed by atoms with Crippen LogP contribution in [0.1, 0.15) is 131 Å². The number of amides is 2. The number of fused-ring (bicyclic) bond motifs is 2. The maximum absolute atomic E-state index is 13.0. The van der Waals surface area contributed by atoms with Gasteiger partial charge in [-0.05, 0) is 93.2 Å². The Kier molecular flexibility index (Phi) is 13.4. The van der Waals surface area contributed by atoms with Crippen LogP contribution in [0.3, 0.4) is 0 Å². The highest BCUT2D eigenvalue weighted by molar-refractivity contribution is 5.96. The van der Waals surface area contributed by atoms with Crippen molar-refractivity contribution in [2.24, 2.45) is 21.7 Å². The van der Waals surface area contributed by atoms with Gasteiger partial charge in [-0.2, -0.15) is 10.2 Å². The van der Waals surface area contributed by atoms with Gasteiger partial charge in [-0.25, -0.2) is 9.59 Å². The van der Waals surface area contributed by atoms with E-state index >= 15 is 0 Å². The summed E-state index contributed by atoms with van der Waals surface area (Å²) in [6.07, 6.45) is 6.54. The topological polar surface area (TPSA) is 196 Å². The standard InChI is InChI=1S/C26H33N3O6.C18H29N3O3/c1-4-29-21-19(13-26(15-27-22(21)30)8-10-34-11-9-26)20(28-29)14-25(2,3)16-35-24(33)18-7-5-6-17(12-18)23(31)32;1-4-21-15-13(14(20-21)10-17(2,3)12-22)9-18(11-19-16(15)23)5-7-24-8-6-18/h5-7,12H,4,8-11,13-16H2,1-3H3,(H,27,30)(H,31,32);22H,4-12H2,1-3H3,(H,19,23). The number of carbonyl (C=O) groups excluding carboxylic acids is 3. The molecule has 1 aromatic carbocycles. The molecule has 7 rings (SSSR count). The van der Waals surface area contributed by atoms with Crippen LogP contribution in [0.4, 0.5) is 0 Å². The highest BCUT2D eigenvalue weighted by Gasteiger charge is 2.42. The molecule has 0 unspecified atom stereocenters. The van der Waals surface area contributed by atoms with Crippen LogP contribution in [-0.2, 0) is 53.0 Å². The summed E-state index contributed by atoms with van der Waals surface area (Å²) < 4.78 is 20.3. The van der Waals surface area contributed by atoms with E-state index in [1.165, 1.54) is 24.3 Å². The second kappa shape index (κ2) is 17.9. The van der Waals surface area contributed by atoms with E-state index in [1.807, 2.05) is 46.2 Å². The van der Waals surface area contributed by atoms with Gasteiger partial charge in [-0.3, -0.25) is 19.0 Å². The molecule has 0 atom stereocenters. The first-order valence-electron chi connectivity index (χ1n) is 21.0. The molecule has 0 bridgehead atoms. The number of esters is 1. The normalized spacial score (nSPS) is 18.7. The number of aryl methyl sites for hydroxylation is 2. The Morgan fingerprint density at radius 1 is 0.780 bits per heavy atom. The zero-order valence-corrected chi connectivity index (χ0v) is 35.6. The summed E-state index contributed by atoms with van der Waals surface area (Å²) in [5.74, 6) is -1.78. The molecular weight excluding hydrogens is 757 g/mol. The number of aromatic carboxylic acids is 1. The lowest BCUT2D eigenvalue weighted by Crippen LogP contribution is -2.40. The number of aliphatic hydroxyl groups excluding tert-OH is 1. The number of ether oxygens (including phenoxy) is 3. The molecule has 4 aliphatic rings. The third-order valence-corrected chi connectivity index (χ3v) is 12.4. The zero-order chi connectivity index (χ0) is 42.6. The van der Waals surface area contributed by atoms with Crippen LogP contribution in [0.15, 0.2) is 24.3 Å². The number of carboxylic acid groups (broad SMARTS) is 1. The molecule has 4 aliphatic heterocycles. The molecule has 6 heterocycles. The van der Waals surface area contributed by atoms with Gasteiger partial charge in [0.2, 0.25) is 0 Å². The number of hydrogen-bond acceptors (Lipinski definition) is 10. The number of aliphatic hydroxyl groups is 1. The van der Waals surface area contributed by atoms with E-state index < -0.39 is 17.4 Å². The smallest absolute Gasteiger partial charge is 0.338 e. The van der Waals surface area contributed by atoms with Gasteiger partial charge in [0.25, 0.3) is 11.8 Å². The highest BCUT2D eigenvalue weighted by atomic mass is 16.5. The summed E-state index contributed by atoms with van der Waals surface area (Å²) >= 11 is 0. The molecule has 2 spiro atoms. The predicted octanol–water partition coefficient (Wildman–Crippen LogP) is 4.66. The molecule has 15 nitrogen and oxygen atoms in total. The average molecular weight is 819 g/mol. The van der Waals surface area contributed by atoms with Gasteiger partial charge < -0.3 is 35.1 Å². The van der Waals surface area contributed by atoms with Crippen LogP contribution < -0.4 is 10.6 Å². The van der Waals surface area contributed by atoms with Crippen molar-refractivity contribution in [3.05, 3.63) is 69.3 Å². The summed E-state index contributed by atoms with van der Waals surface area (Å²) in [6, 6.07) is 5.80. The highest BCUT2D eigenvalue weighted by Crippen LogP contribution is 2.40. The Morgan fingerprint density at radius 2 is 1.24 bits per heavy atom. The maximum Gasteiger partial charge on any atom is 0.338 e. The fourth-order valence-corrected chi connectivity index (χ4v) is 8.75. The Morgan fingerprint density at radius 3 is 1.68 bits per heavy atom. The van der Waals surface area contributed by atoms with Crippen LogP contribution >= 0.6 is 0 Å². The molecule has 0 saturated carbocycles. The van der Waals surface area contributed by atoms with Gasteiger partial charge in [-0.15, -0.1) is 0 Å². The molecule has 0 aliphatic carbocycles. The van der Waals surface area contributed by atoms with E-state index in [0.717, 1.165) is 74.3 Å². The van der Waals surface area contributed by atoms with E-state index in [9.17, 15) is 24.3 Å². The van der Waals surface area contributed by atoms with Crippen LogP contribution in [-0.4, -0.2) is 106 Å². The SMILES string of the molecule is CCn1nc(CC(C)(C)CO)c2c1C(=O)NCC1(CCOCC1)C2.CCn1nc(CC(C)(C)COC(=O)c2cccc(C(=O)O)c2)c2c1C(=O)NCC1(CCOCC1)C2. The molecular formula is C44H62N6O9. The van der Waals surface area contributed by atoms with Gasteiger partial charge in [-0.1, -0.05) is 33.8 Å². The van der Waals surface area contributed by atoms with Gasteiger partial charge in [0.05, 0.1) is 29.1 Å². The van der Waals surface area contributed by atoms with E-state index in [-0.39, 0.29) is 52.4 Å². The first-order valence-corrected chi connectivity index (χ1v) is 21.0. The first-order chi connectivity index (χ1) is 28.0. The molecule has 2 amide bonds. The Labute approximate surface area is 346 Å². The number of aromatic nitrogens is 4. The number of carboxylic acids is 1. The lowest BCUT2D eigenvalue weighted by atomic mass is 9.74. The quantitative estimate of drug-likeness (QED) is 0.197. The fraction of sp³-hybridized carbons (Fsp3) is 0.636. The molecule has 322 valence electrons. The van der Waals surface area contributed by atoms with Crippen molar-refractivity contribution < 1.29 is 43.6 Å². The van der Waals surface area contributed by atoms with Crippen molar-refractivity contribution in [2.45, 2.75) is 106 Å². The number of nitrogens with one attached hydrogen (secondary N) is 2. The second-order valence-corrected chi connectivity index (χ2v) is 18.4. The fourth-order valence-electron chi connectivity index (χ4n) is 8.75. The maximum atomic E-state index is 13.0. The second-order valence-electron chi connectivity index (χ2n) is 18.4. The average Bonchev–Trinajstić information content (AvgIpc) is 3.64. The monoisotopic (exact) mass is 818 g/mol. The molecule has 2 fully saturated rings. The van der Waals surface area contributed by atoms with Gasteiger partial charge >= 0.3 is 11.9 Å². The summed E-state index contributed by atoms with van der Waals surface area (Å²) in [4.78, 5) is 49.5. The van der Waals surface area contributed by atoms with E-state index in [0.29, 0.717) is 63.6 Å². The lowest BCUT2D eigenvalue weighted by Gasteiger charge is -2.36. The predicted molar refractivity (Wildman–Crippen MR) is 219 cm³/mol. The van der Waals surface area contributed by atoms with Crippen LogP contribution in [0.25, 0.3) is 0 Å². The van der Waals surface area contributed by atoms with Crippen LogP contribution in [0, 0.1) is 21.7 Å². The number of nitrogens with zero attached hydrogens (tertiary/aromatic N) is 4. The largest absolute Gasteiger partial charge is 0.478 e. The number of hydrogen-bond donors (Lipinski definition) is 4. The van der Waals surface area contributed by atoms with E-state index in [1.54, 1.807) is 4.68 Å². The number of carbonyl (C=O) groups is 4. The zero-order valence-electron chi connectivity index (χ0n) is 35.6. The Balaban J connectivity index is 0.000000213. The summed E-state index contributed by atoms with van der Waals surface area (Å²) in [6.45, 7) is 17.7. The molecule has 4 N–H and O–H groups in total. The first kappa shape index (κ1) is 44.0. The van der Waals surface area contributed by atoms with Gasteiger partial charge in [0, 0.05) is 82.2 Å². The molecule has 2 saturated heterocycles. The van der Waals surface area contributed by atoms with Gasteiger partial charge in [0.15, 0.2) is 0 Å². The molecule has 15 heteroatoms. The minimum absolute atomic E-state index is 0.0178.